The fourth-order valence-electron chi connectivity index (χ4n) is 4.25. The highest BCUT2D eigenvalue weighted by molar-refractivity contribution is 6.31. The molecule has 6 nitrogen and oxygen atoms in total. The molecule has 1 fully saturated rings. The maximum atomic E-state index is 10.2. The van der Waals surface area contributed by atoms with Crippen molar-refractivity contribution in [3.63, 3.8) is 0 Å². The Morgan fingerprint density at radius 3 is 2.84 bits per heavy atom. The van der Waals surface area contributed by atoms with E-state index in [-0.39, 0.29) is 37.0 Å². The van der Waals surface area contributed by atoms with Crippen LogP contribution in [0.25, 0.3) is 22.2 Å². The molecule has 0 aliphatic carbocycles. The number of hydrogen-bond donors (Lipinski definition) is 2. The van der Waals surface area contributed by atoms with Gasteiger partial charge in [-0.2, -0.15) is 5.10 Å². The minimum Gasteiger partial charge on any atom is -0.392 e. The lowest BCUT2D eigenvalue weighted by molar-refractivity contribution is 0.0909. The van der Waals surface area contributed by atoms with Crippen LogP contribution in [-0.2, 0) is 13.1 Å². The molecule has 31 heavy (non-hydrogen) atoms. The molecule has 0 radical (unpaired) electrons. The van der Waals surface area contributed by atoms with Gasteiger partial charge in [-0.1, -0.05) is 25.4 Å². The summed E-state index contributed by atoms with van der Waals surface area (Å²) in [6.45, 7) is 7.12. The number of aliphatic hydroxyl groups excluding tert-OH is 1. The van der Waals surface area contributed by atoms with Gasteiger partial charge in [0.05, 0.1) is 29.7 Å². The van der Waals surface area contributed by atoms with E-state index < -0.39 is 0 Å². The van der Waals surface area contributed by atoms with E-state index >= 15 is 0 Å². The Hall–Kier alpha value is -1.31. The van der Waals surface area contributed by atoms with Gasteiger partial charge in [0.1, 0.15) is 0 Å². The molecule has 2 N–H and O–H groups in total. The number of nitrogens with one attached hydrogen (secondary N) is 1. The third-order valence-corrected chi connectivity index (χ3v) is 5.85. The van der Waals surface area contributed by atoms with Crippen LogP contribution in [0.2, 0.25) is 5.02 Å². The van der Waals surface area contributed by atoms with E-state index in [0.29, 0.717) is 10.9 Å². The first kappa shape index (κ1) is 25.9. The molecular weight excluding hydrogens is 457 g/mol. The molecule has 1 aliphatic heterocycles. The fraction of sp³-hybridized carbons (Fsp3) is 0.545. The first-order valence-corrected chi connectivity index (χ1v) is 11.0. The molecule has 1 aliphatic rings. The highest BCUT2D eigenvalue weighted by atomic mass is 35.5. The summed E-state index contributed by atoms with van der Waals surface area (Å²) in [4.78, 5) is 4.59. The fourth-order valence-corrected chi connectivity index (χ4v) is 4.47. The van der Waals surface area contributed by atoms with Gasteiger partial charge < -0.3 is 15.0 Å². The van der Waals surface area contributed by atoms with Crippen LogP contribution in [0.15, 0.2) is 30.9 Å². The second kappa shape index (κ2) is 11.5. The number of imidazole rings is 1. The molecule has 172 valence electrons. The average molecular weight is 489 g/mol. The van der Waals surface area contributed by atoms with Crippen LogP contribution < -0.4 is 5.32 Å². The summed E-state index contributed by atoms with van der Waals surface area (Å²) < 4.78 is 4.19. The van der Waals surface area contributed by atoms with Crippen LogP contribution in [0.3, 0.4) is 0 Å². The van der Waals surface area contributed by atoms with E-state index in [1.807, 2.05) is 29.3 Å². The molecule has 9 heteroatoms. The van der Waals surface area contributed by atoms with Crippen molar-refractivity contribution in [2.24, 2.45) is 5.92 Å². The summed E-state index contributed by atoms with van der Waals surface area (Å²) >= 11 is 6.38. The van der Waals surface area contributed by atoms with E-state index in [2.05, 4.69) is 40.0 Å². The summed E-state index contributed by atoms with van der Waals surface area (Å²) in [5, 5.41) is 18.8. The predicted molar refractivity (Wildman–Crippen MR) is 132 cm³/mol. The van der Waals surface area contributed by atoms with Crippen molar-refractivity contribution < 1.29 is 5.11 Å². The number of benzene rings is 1. The quantitative estimate of drug-likeness (QED) is 0.494. The Morgan fingerprint density at radius 2 is 2.10 bits per heavy atom. The Labute approximate surface area is 201 Å². The van der Waals surface area contributed by atoms with E-state index in [1.54, 1.807) is 0 Å². The summed E-state index contributed by atoms with van der Waals surface area (Å²) in [6.07, 6.45) is 9.55. The molecule has 3 aromatic rings. The van der Waals surface area contributed by atoms with Crippen LogP contribution in [0.4, 0.5) is 0 Å². The number of halogens is 3. The second-order valence-corrected chi connectivity index (χ2v) is 8.95. The standard InChI is InChI=1S/C22H30ClN5O.2ClH/c1-15(2)12-28-13-16(11-26-28)18-9-17(23)10-20-22(18)27(14-25-20)8-4-5-19-21(29)6-3-7-24-19;;/h9-11,13-15,19,21,24,29H,3-8,12H2,1-2H3;2*1H/t19-,21+;;/m1../s1. The SMILES string of the molecule is CC(C)Cn1cc(-c2cc(Cl)cc3ncn(CCC[C@H]4NCCC[C@@H]4O)c23)cn1.Cl.Cl. The minimum atomic E-state index is -0.232. The van der Waals surface area contributed by atoms with Gasteiger partial charge in [-0.15, -0.1) is 24.8 Å². The van der Waals surface area contributed by atoms with Gasteiger partial charge in [0, 0.05) is 41.5 Å². The number of piperidine rings is 1. The van der Waals surface area contributed by atoms with Gasteiger partial charge in [-0.05, 0) is 50.3 Å². The van der Waals surface area contributed by atoms with Crippen molar-refractivity contribution in [3.05, 3.63) is 35.9 Å². The molecule has 2 aromatic heterocycles. The van der Waals surface area contributed by atoms with Crippen LogP contribution in [-0.4, -0.2) is 43.1 Å². The zero-order chi connectivity index (χ0) is 20.4. The topological polar surface area (TPSA) is 67.9 Å². The van der Waals surface area contributed by atoms with Crippen molar-refractivity contribution in [1.82, 2.24) is 24.6 Å². The van der Waals surface area contributed by atoms with Crippen LogP contribution in [0.1, 0.15) is 39.5 Å². The summed E-state index contributed by atoms with van der Waals surface area (Å²) in [6, 6.07) is 4.12. The van der Waals surface area contributed by atoms with Gasteiger partial charge in [-0.25, -0.2) is 4.98 Å². The van der Waals surface area contributed by atoms with E-state index in [0.717, 1.165) is 67.5 Å². The number of fused-ring (bicyclic) bond motifs is 1. The Morgan fingerprint density at radius 1 is 1.29 bits per heavy atom. The van der Waals surface area contributed by atoms with Crippen molar-refractivity contribution in [1.29, 1.82) is 0 Å². The van der Waals surface area contributed by atoms with Crippen LogP contribution in [0.5, 0.6) is 0 Å². The Bertz CT molecular complexity index is 971. The van der Waals surface area contributed by atoms with Crippen molar-refractivity contribution in [2.75, 3.05) is 6.54 Å². The van der Waals surface area contributed by atoms with E-state index in [4.69, 9.17) is 11.6 Å². The largest absolute Gasteiger partial charge is 0.392 e. The number of aliphatic hydroxyl groups is 1. The van der Waals surface area contributed by atoms with Crippen LogP contribution in [0, 0.1) is 5.92 Å². The van der Waals surface area contributed by atoms with Crippen molar-refractivity contribution in [3.8, 4) is 11.1 Å². The van der Waals surface area contributed by atoms with Crippen LogP contribution >= 0.6 is 36.4 Å². The lowest BCUT2D eigenvalue weighted by atomic mass is 9.97. The lowest BCUT2D eigenvalue weighted by Gasteiger charge is -2.29. The third kappa shape index (κ3) is 6.14. The molecule has 1 aromatic carbocycles. The number of nitrogens with zero attached hydrogens (tertiary/aromatic N) is 4. The Balaban J connectivity index is 0.00000171. The molecule has 0 unspecified atom stereocenters. The first-order valence-electron chi connectivity index (χ1n) is 10.6. The minimum absolute atomic E-state index is 0. The second-order valence-electron chi connectivity index (χ2n) is 8.52. The Kier molecular flexibility index (Phi) is 9.65. The average Bonchev–Trinajstić information content (AvgIpc) is 3.29. The number of aryl methyl sites for hydroxylation is 1. The smallest absolute Gasteiger partial charge is 0.0958 e. The zero-order valence-electron chi connectivity index (χ0n) is 18.0. The molecule has 4 rings (SSSR count). The molecule has 1 saturated heterocycles. The monoisotopic (exact) mass is 487 g/mol. The molecule has 3 heterocycles. The van der Waals surface area contributed by atoms with Gasteiger partial charge in [0.2, 0.25) is 0 Å². The number of hydrogen-bond acceptors (Lipinski definition) is 4. The maximum Gasteiger partial charge on any atom is 0.0958 e. The van der Waals surface area contributed by atoms with E-state index in [1.165, 1.54) is 0 Å². The number of rotatable bonds is 7. The predicted octanol–water partition coefficient (Wildman–Crippen LogP) is 4.95. The number of aromatic nitrogens is 4. The van der Waals surface area contributed by atoms with Crippen molar-refractivity contribution in [2.45, 2.75) is 64.8 Å². The van der Waals surface area contributed by atoms with Gasteiger partial charge in [0.25, 0.3) is 0 Å². The molecule has 0 saturated carbocycles. The van der Waals surface area contributed by atoms with Gasteiger partial charge in [0.15, 0.2) is 0 Å². The van der Waals surface area contributed by atoms with Crippen molar-refractivity contribution >= 4 is 47.4 Å². The third-order valence-electron chi connectivity index (χ3n) is 5.64. The molecule has 2 atom stereocenters. The lowest BCUT2D eigenvalue weighted by Crippen LogP contribution is -2.44. The molecule has 0 amide bonds. The molecular formula is C22H32Cl3N5O. The molecule has 0 spiro atoms. The summed E-state index contributed by atoms with van der Waals surface area (Å²) in [5.74, 6) is 0.538. The van der Waals surface area contributed by atoms with Gasteiger partial charge >= 0.3 is 0 Å². The summed E-state index contributed by atoms with van der Waals surface area (Å²) in [5.41, 5.74) is 4.12. The maximum absolute atomic E-state index is 10.2. The summed E-state index contributed by atoms with van der Waals surface area (Å²) in [7, 11) is 0. The first-order chi connectivity index (χ1) is 14.0. The highest BCUT2D eigenvalue weighted by Gasteiger charge is 2.22. The zero-order valence-corrected chi connectivity index (χ0v) is 20.4. The van der Waals surface area contributed by atoms with E-state index in [9.17, 15) is 5.11 Å². The van der Waals surface area contributed by atoms with Gasteiger partial charge in [-0.3, -0.25) is 4.68 Å². The highest BCUT2D eigenvalue weighted by Crippen LogP contribution is 2.32. The normalized spacial score (nSPS) is 18.7. The molecule has 0 bridgehead atoms.